The van der Waals surface area contributed by atoms with E-state index in [1.54, 1.807) is 43.7 Å². The molecule has 0 aliphatic carbocycles. The molecule has 0 atom stereocenters. The molecule has 0 amide bonds. The molecule has 2 aromatic carbocycles. The first-order valence-corrected chi connectivity index (χ1v) is 6.65. The van der Waals surface area contributed by atoms with Crippen LogP contribution in [0.25, 0.3) is 5.69 Å². The van der Waals surface area contributed by atoms with Crippen molar-refractivity contribution in [3.63, 3.8) is 0 Å². The van der Waals surface area contributed by atoms with Crippen molar-refractivity contribution in [2.75, 3.05) is 0 Å². The molecule has 110 valence electrons. The van der Waals surface area contributed by atoms with Crippen LogP contribution in [-0.2, 0) is 0 Å². The van der Waals surface area contributed by atoms with Crippen LogP contribution in [0.3, 0.4) is 0 Å². The second-order valence-electron chi connectivity index (χ2n) is 4.80. The summed E-state index contributed by atoms with van der Waals surface area (Å²) in [4.78, 5) is 14.7. The van der Waals surface area contributed by atoms with Crippen LogP contribution in [0.4, 0.5) is 5.69 Å². The first-order chi connectivity index (χ1) is 10.6. The highest BCUT2D eigenvalue weighted by molar-refractivity contribution is 5.51. The van der Waals surface area contributed by atoms with Crippen LogP contribution in [0.5, 0.6) is 11.5 Å². The summed E-state index contributed by atoms with van der Waals surface area (Å²) in [7, 11) is 0. The maximum atomic E-state index is 11.1. The lowest BCUT2D eigenvalue weighted by Crippen LogP contribution is -1.95. The van der Waals surface area contributed by atoms with Gasteiger partial charge in [-0.3, -0.25) is 10.1 Å². The molecule has 0 aliphatic rings. The molecule has 22 heavy (non-hydrogen) atoms. The SMILES string of the molecule is Cc1ccc(Oc2cccc(-n3ccnc3)c2)c([N+](=O)[O-])c1. The quantitative estimate of drug-likeness (QED) is 0.541. The molecular weight excluding hydrogens is 282 g/mol. The first kappa shape index (κ1) is 13.8. The normalized spacial score (nSPS) is 10.4. The maximum absolute atomic E-state index is 11.1. The first-order valence-electron chi connectivity index (χ1n) is 6.65. The van der Waals surface area contributed by atoms with Crippen molar-refractivity contribution < 1.29 is 9.66 Å². The van der Waals surface area contributed by atoms with Gasteiger partial charge in [0, 0.05) is 24.5 Å². The number of aromatic nitrogens is 2. The number of nitrogens with zero attached hydrogens (tertiary/aromatic N) is 3. The summed E-state index contributed by atoms with van der Waals surface area (Å²) in [6.45, 7) is 1.80. The van der Waals surface area contributed by atoms with E-state index in [2.05, 4.69) is 4.98 Å². The topological polar surface area (TPSA) is 70.2 Å². The van der Waals surface area contributed by atoms with E-state index < -0.39 is 4.92 Å². The fourth-order valence-electron chi connectivity index (χ4n) is 2.10. The Bertz CT molecular complexity index is 813. The second kappa shape index (κ2) is 5.69. The lowest BCUT2D eigenvalue weighted by molar-refractivity contribution is -0.385. The molecular formula is C16H13N3O3. The van der Waals surface area contributed by atoms with Crippen LogP contribution < -0.4 is 4.74 Å². The standard InChI is InChI=1S/C16H13N3O3/c1-12-5-6-16(15(9-12)19(20)21)22-14-4-2-3-13(10-14)18-8-7-17-11-18/h2-11H,1H3. The lowest BCUT2D eigenvalue weighted by atomic mass is 10.2. The zero-order chi connectivity index (χ0) is 15.5. The van der Waals surface area contributed by atoms with Crippen molar-refractivity contribution in [2.45, 2.75) is 6.92 Å². The number of nitro groups is 1. The number of ether oxygens (including phenoxy) is 1. The predicted molar refractivity (Wildman–Crippen MR) is 81.5 cm³/mol. The number of nitro benzene ring substituents is 1. The van der Waals surface area contributed by atoms with Gasteiger partial charge in [-0.1, -0.05) is 12.1 Å². The molecule has 0 fully saturated rings. The van der Waals surface area contributed by atoms with Gasteiger partial charge in [0.15, 0.2) is 0 Å². The third-order valence-corrected chi connectivity index (χ3v) is 3.16. The molecule has 0 saturated carbocycles. The van der Waals surface area contributed by atoms with Crippen LogP contribution in [0.2, 0.25) is 0 Å². The van der Waals surface area contributed by atoms with Gasteiger partial charge in [-0.15, -0.1) is 0 Å². The molecule has 3 aromatic rings. The molecule has 0 bridgehead atoms. The highest BCUT2D eigenvalue weighted by Crippen LogP contribution is 2.32. The zero-order valence-corrected chi connectivity index (χ0v) is 11.8. The van der Waals surface area contributed by atoms with E-state index in [1.165, 1.54) is 6.07 Å². The van der Waals surface area contributed by atoms with E-state index in [1.807, 2.05) is 22.9 Å². The van der Waals surface area contributed by atoms with Crippen LogP contribution in [0.1, 0.15) is 5.56 Å². The van der Waals surface area contributed by atoms with E-state index in [9.17, 15) is 10.1 Å². The zero-order valence-electron chi connectivity index (χ0n) is 11.8. The smallest absolute Gasteiger partial charge is 0.311 e. The predicted octanol–water partition coefficient (Wildman–Crippen LogP) is 3.88. The summed E-state index contributed by atoms with van der Waals surface area (Å²) in [6.07, 6.45) is 5.17. The molecule has 1 aromatic heterocycles. The van der Waals surface area contributed by atoms with E-state index >= 15 is 0 Å². The summed E-state index contributed by atoms with van der Waals surface area (Å²) >= 11 is 0. The van der Waals surface area contributed by atoms with Crippen molar-refractivity contribution in [1.82, 2.24) is 9.55 Å². The summed E-state index contributed by atoms with van der Waals surface area (Å²) < 4.78 is 7.52. The van der Waals surface area contributed by atoms with Crippen molar-refractivity contribution in [2.24, 2.45) is 0 Å². The summed E-state index contributed by atoms with van der Waals surface area (Å²) in [5, 5.41) is 11.1. The average molecular weight is 295 g/mol. The Kier molecular flexibility index (Phi) is 3.57. The monoisotopic (exact) mass is 295 g/mol. The minimum absolute atomic E-state index is 0.0481. The molecule has 0 saturated heterocycles. The molecule has 0 spiro atoms. The second-order valence-corrected chi connectivity index (χ2v) is 4.80. The van der Waals surface area contributed by atoms with Gasteiger partial charge >= 0.3 is 5.69 Å². The van der Waals surface area contributed by atoms with Gasteiger partial charge in [0.1, 0.15) is 5.75 Å². The number of hydrogen-bond acceptors (Lipinski definition) is 4. The van der Waals surface area contributed by atoms with Gasteiger partial charge < -0.3 is 9.30 Å². The van der Waals surface area contributed by atoms with E-state index in [0.29, 0.717) is 5.75 Å². The fourth-order valence-corrected chi connectivity index (χ4v) is 2.10. The molecule has 1 heterocycles. The Morgan fingerprint density at radius 2 is 2.09 bits per heavy atom. The van der Waals surface area contributed by atoms with Gasteiger partial charge in [-0.25, -0.2) is 4.98 Å². The highest BCUT2D eigenvalue weighted by atomic mass is 16.6. The minimum atomic E-state index is -0.442. The molecule has 0 unspecified atom stereocenters. The third-order valence-electron chi connectivity index (χ3n) is 3.16. The van der Waals surface area contributed by atoms with Crippen molar-refractivity contribution in [3.8, 4) is 17.2 Å². The van der Waals surface area contributed by atoms with Gasteiger partial charge in [-0.05, 0) is 30.7 Å². The van der Waals surface area contributed by atoms with Crippen LogP contribution in [0.15, 0.2) is 61.2 Å². The van der Waals surface area contributed by atoms with Crippen molar-refractivity contribution in [1.29, 1.82) is 0 Å². The van der Waals surface area contributed by atoms with Gasteiger partial charge in [-0.2, -0.15) is 0 Å². The summed E-state index contributed by atoms with van der Waals surface area (Å²) in [5.41, 5.74) is 1.63. The van der Waals surface area contributed by atoms with E-state index in [4.69, 9.17) is 4.74 Å². The summed E-state index contributed by atoms with van der Waals surface area (Å²) in [5.74, 6) is 0.747. The van der Waals surface area contributed by atoms with Gasteiger partial charge in [0.2, 0.25) is 5.75 Å². The lowest BCUT2D eigenvalue weighted by Gasteiger charge is -2.09. The third kappa shape index (κ3) is 2.80. The fraction of sp³-hybridized carbons (Fsp3) is 0.0625. The molecule has 6 nitrogen and oxygen atoms in total. The largest absolute Gasteiger partial charge is 0.450 e. The Hall–Kier alpha value is -3.15. The Morgan fingerprint density at radius 1 is 1.23 bits per heavy atom. The van der Waals surface area contributed by atoms with Gasteiger partial charge in [0.05, 0.1) is 16.9 Å². The van der Waals surface area contributed by atoms with Crippen LogP contribution in [0, 0.1) is 17.0 Å². The van der Waals surface area contributed by atoms with Crippen LogP contribution in [-0.4, -0.2) is 14.5 Å². The molecule has 0 aliphatic heterocycles. The Labute approximate surface area is 126 Å². The van der Waals surface area contributed by atoms with E-state index in [-0.39, 0.29) is 11.4 Å². The molecule has 6 heteroatoms. The molecule has 3 rings (SSSR count). The maximum Gasteiger partial charge on any atom is 0.311 e. The molecule has 0 radical (unpaired) electrons. The van der Waals surface area contributed by atoms with Crippen molar-refractivity contribution in [3.05, 3.63) is 76.9 Å². The number of aryl methyl sites for hydroxylation is 1. The van der Waals surface area contributed by atoms with Crippen molar-refractivity contribution >= 4 is 5.69 Å². The number of imidazole rings is 1. The Balaban J connectivity index is 1.94. The summed E-state index contributed by atoms with van der Waals surface area (Å²) in [6, 6.07) is 12.2. The number of rotatable bonds is 4. The molecule has 0 N–H and O–H groups in total. The highest BCUT2D eigenvalue weighted by Gasteiger charge is 2.16. The van der Waals surface area contributed by atoms with Gasteiger partial charge in [0.25, 0.3) is 0 Å². The van der Waals surface area contributed by atoms with Crippen LogP contribution >= 0.6 is 0 Å². The minimum Gasteiger partial charge on any atom is -0.450 e. The number of hydrogen-bond donors (Lipinski definition) is 0. The number of benzene rings is 2. The Morgan fingerprint density at radius 3 is 2.82 bits per heavy atom. The average Bonchev–Trinajstić information content (AvgIpc) is 3.03. The van der Waals surface area contributed by atoms with E-state index in [0.717, 1.165) is 11.3 Å².